The van der Waals surface area contributed by atoms with Crippen molar-refractivity contribution < 1.29 is 9.53 Å². The highest BCUT2D eigenvalue weighted by molar-refractivity contribution is 6.23. The van der Waals surface area contributed by atoms with Gasteiger partial charge in [0, 0.05) is 24.4 Å². The molecule has 0 aliphatic heterocycles. The third-order valence-corrected chi connectivity index (χ3v) is 2.81. The number of halogens is 1. The van der Waals surface area contributed by atoms with Gasteiger partial charge in [0.25, 0.3) is 0 Å². The molecule has 0 atom stereocenters. The topological polar surface area (TPSA) is 76.1 Å². The molecule has 104 valence electrons. The Hall–Kier alpha value is -2.34. The molecule has 0 fully saturated rings. The average Bonchev–Trinajstić information content (AvgIpc) is 2.53. The number of carbonyl (C=O) groups excluding carboxylic acids is 1. The van der Waals surface area contributed by atoms with E-state index in [0.29, 0.717) is 23.7 Å². The van der Waals surface area contributed by atoms with E-state index >= 15 is 0 Å². The van der Waals surface area contributed by atoms with Gasteiger partial charge in [-0.2, -0.15) is 0 Å². The van der Waals surface area contributed by atoms with Crippen LogP contribution in [0.15, 0.2) is 36.7 Å². The van der Waals surface area contributed by atoms with E-state index in [-0.39, 0.29) is 5.97 Å². The van der Waals surface area contributed by atoms with E-state index < -0.39 is 0 Å². The lowest BCUT2D eigenvalue weighted by Gasteiger charge is -2.07. The van der Waals surface area contributed by atoms with Gasteiger partial charge in [0.05, 0.1) is 12.7 Å². The fourth-order valence-corrected chi connectivity index (χ4v) is 1.68. The van der Waals surface area contributed by atoms with Gasteiger partial charge in [0.1, 0.15) is 18.0 Å². The fraction of sp³-hybridized carbons (Fsp3) is 0.154. The smallest absolute Gasteiger partial charge is 0.337 e. The molecular weight excluding hydrogens is 280 g/mol. The number of methoxy groups -OCH3 is 1. The molecule has 20 heavy (non-hydrogen) atoms. The van der Waals surface area contributed by atoms with Crippen LogP contribution in [-0.2, 0) is 11.3 Å². The van der Waals surface area contributed by atoms with Crippen LogP contribution in [0.5, 0.6) is 0 Å². The lowest BCUT2D eigenvalue weighted by molar-refractivity contribution is 0.0600. The van der Waals surface area contributed by atoms with Crippen LogP contribution >= 0.6 is 11.8 Å². The van der Waals surface area contributed by atoms with Crippen molar-refractivity contribution in [3.05, 3.63) is 47.8 Å². The first kappa shape index (κ1) is 14.1. The lowest BCUT2D eigenvalue weighted by Crippen LogP contribution is -2.04. The summed E-state index contributed by atoms with van der Waals surface area (Å²) in [5, 5.41) is 3.13. The number of carbonyl (C=O) groups is 1. The van der Waals surface area contributed by atoms with Crippen LogP contribution in [0.2, 0.25) is 0 Å². The van der Waals surface area contributed by atoms with Crippen molar-refractivity contribution in [3.8, 4) is 0 Å². The number of aromatic nitrogens is 2. The number of rotatable bonds is 5. The number of benzene rings is 1. The molecule has 0 aliphatic rings. The Labute approximate surface area is 121 Å². The van der Waals surface area contributed by atoms with Crippen LogP contribution in [0, 0.1) is 0 Å². The van der Waals surface area contributed by atoms with E-state index in [1.54, 1.807) is 18.2 Å². The zero-order chi connectivity index (χ0) is 14.4. The van der Waals surface area contributed by atoms with Crippen LogP contribution in [-0.4, -0.2) is 23.0 Å². The zero-order valence-electron chi connectivity index (χ0n) is 10.8. The van der Waals surface area contributed by atoms with Crippen molar-refractivity contribution in [1.29, 1.82) is 0 Å². The van der Waals surface area contributed by atoms with Crippen molar-refractivity contribution in [3.63, 3.8) is 0 Å². The summed E-state index contributed by atoms with van der Waals surface area (Å²) in [5.41, 5.74) is 1.53. The number of hydrogen-bond acceptors (Lipinski definition) is 6. The van der Waals surface area contributed by atoms with Crippen LogP contribution in [0.1, 0.15) is 15.9 Å². The first-order chi connectivity index (χ1) is 9.72. The summed E-state index contributed by atoms with van der Waals surface area (Å²) in [6.07, 6.45) is 1.41. The quantitative estimate of drug-likeness (QED) is 0.651. The van der Waals surface area contributed by atoms with Gasteiger partial charge in [-0.15, -0.1) is 0 Å². The Bertz CT molecular complexity index is 589. The summed E-state index contributed by atoms with van der Waals surface area (Å²) in [5.74, 6) is 0.823. The predicted molar refractivity (Wildman–Crippen MR) is 76.6 cm³/mol. The second kappa shape index (κ2) is 6.72. The van der Waals surface area contributed by atoms with Gasteiger partial charge < -0.3 is 10.1 Å². The van der Waals surface area contributed by atoms with Crippen LogP contribution in [0.3, 0.4) is 0 Å². The Morgan fingerprint density at radius 2 is 1.95 bits per heavy atom. The maximum absolute atomic E-state index is 11.3. The molecule has 0 aliphatic carbocycles. The lowest BCUT2D eigenvalue weighted by atomic mass is 10.1. The molecule has 0 saturated heterocycles. The van der Waals surface area contributed by atoms with Crippen LogP contribution in [0.4, 0.5) is 11.6 Å². The number of hydrogen-bond donors (Lipinski definition) is 2. The number of esters is 1. The van der Waals surface area contributed by atoms with Gasteiger partial charge >= 0.3 is 5.97 Å². The second-order valence-electron chi connectivity index (χ2n) is 3.93. The summed E-state index contributed by atoms with van der Waals surface area (Å²) < 4.78 is 4.64. The highest BCUT2D eigenvalue weighted by Gasteiger charge is 2.04. The highest BCUT2D eigenvalue weighted by Crippen LogP contribution is 2.11. The Balaban J connectivity index is 1.98. The fourth-order valence-electron chi connectivity index (χ4n) is 1.57. The standard InChI is InChI=1S/C13H13ClN4O2/c1-20-13(19)10-4-2-9(3-5-10)7-15-11-6-12(18-14)17-8-16-11/h2-6,8H,7H2,1H3,(H2,15,16,17,18). The minimum Gasteiger partial charge on any atom is -0.465 e. The highest BCUT2D eigenvalue weighted by atomic mass is 35.5. The van der Waals surface area contributed by atoms with Gasteiger partial charge in [-0.25, -0.2) is 14.8 Å². The molecule has 6 nitrogen and oxygen atoms in total. The minimum atomic E-state index is -0.349. The Morgan fingerprint density at radius 3 is 2.60 bits per heavy atom. The number of ether oxygens (including phenoxy) is 1. The molecule has 1 aromatic heterocycles. The van der Waals surface area contributed by atoms with E-state index in [1.807, 2.05) is 12.1 Å². The molecule has 7 heteroatoms. The van der Waals surface area contributed by atoms with Crippen molar-refractivity contribution in [2.45, 2.75) is 6.54 Å². The monoisotopic (exact) mass is 292 g/mol. The van der Waals surface area contributed by atoms with Crippen molar-refractivity contribution in [2.75, 3.05) is 17.3 Å². The first-order valence-electron chi connectivity index (χ1n) is 5.82. The molecule has 1 aromatic carbocycles. The number of nitrogens with one attached hydrogen (secondary N) is 2. The van der Waals surface area contributed by atoms with E-state index in [1.165, 1.54) is 13.4 Å². The summed E-state index contributed by atoms with van der Waals surface area (Å²) >= 11 is 5.47. The minimum absolute atomic E-state index is 0.349. The van der Waals surface area contributed by atoms with Gasteiger partial charge in [-0.1, -0.05) is 12.1 Å². The van der Waals surface area contributed by atoms with Gasteiger partial charge in [-0.05, 0) is 17.7 Å². The van der Waals surface area contributed by atoms with E-state index in [4.69, 9.17) is 11.8 Å². The predicted octanol–water partition coefficient (Wildman–Crippen LogP) is 2.44. The van der Waals surface area contributed by atoms with Crippen molar-refractivity contribution >= 4 is 29.4 Å². The normalized spacial score (nSPS) is 9.90. The summed E-state index contributed by atoms with van der Waals surface area (Å²) in [6.45, 7) is 0.570. The molecule has 0 radical (unpaired) electrons. The Morgan fingerprint density at radius 1 is 1.25 bits per heavy atom. The van der Waals surface area contributed by atoms with E-state index in [2.05, 4.69) is 24.9 Å². The number of anilines is 2. The maximum Gasteiger partial charge on any atom is 0.337 e. The van der Waals surface area contributed by atoms with E-state index in [0.717, 1.165) is 5.56 Å². The molecule has 0 spiro atoms. The third-order valence-electron chi connectivity index (χ3n) is 2.61. The summed E-state index contributed by atoms with van der Waals surface area (Å²) in [7, 11) is 1.36. The van der Waals surface area contributed by atoms with E-state index in [9.17, 15) is 4.79 Å². The maximum atomic E-state index is 11.3. The van der Waals surface area contributed by atoms with Gasteiger partial charge in [0.2, 0.25) is 0 Å². The first-order valence-corrected chi connectivity index (χ1v) is 6.20. The molecule has 0 bridgehead atoms. The third kappa shape index (κ3) is 3.58. The molecule has 2 N–H and O–H groups in total. The van der Waals surface area contributed by atoms with Crippen LogP contribution < -0.4 is 10.2 Å². The Kier molecular flexibility index (Phi) is 4.73. The van der Waals surface area contributed by atoms with Gasteiger partial charge in [0.15, 0.2) is 0 Å². The largest absolute Gasteiger partial charge is 0.465 e. The number of nitrogens with zero attached hydrogens (tertiary/aromatic N) is 2. The summed E-state index contributed by atoms with van der Waals surface area (Å²) in [6, 6.07) is 8.82. The van der Waals surface area contributed by atoms with Gasteiger partial charge in [-0.3, -0.25) is 4.84 Å². The second-order valence-corrected chi connectivity index (χ2v) is 4.11. The average molecular weight is 293 g/mol. The molecule has 0 unspecified atom stereocenters. The van der Waals surface area contributed by atoms with Crippen molar-refractivity contribution in [1.82, 2.24) is 9.97 Å². The summed E-state index contributed by atoms with van der Waals surface area (Å²) in [4.78, 5) is 21.7. The van der Waals surface area contributed by atoms with Crippen molar-refractivity contribution in [2.24, 2.45) is 0 Å². The molecule has 0 amide bonds. The SMILES string of the molecule is COC(=O)c1ccc(CNc2cc(NCl)ncn2)cc1. The van der Waals surface area contributed by atoms with Crippen LogP contribution in [0.25, 0.3) is 0 Å². The molecular formula is C13H13ClN4O2. The molecule has 0 saturated carbocycles. The zero-order valence-corrected chi connectivity index (χ0v) is 11.5. The molecule has 1 heterocycles. The molecule has 2 rings (SSSR count). The molecule has 2 aromatic rings.